The molecule has 0 radical (unpaired) electrons. The SMILES string of the molecule is C.CC.CC1CCc2ccccc21. The van der Waals surface area contributed by atoms with Crippen molar-refractivity contribution in [1.82, 2.24) is 0 Å². The summed E-state index contributed by atoms with van der Waals surface area (Å²) in [5.41, 5.74) is 3.14. The fourth-order valence-electron chi connectivity index (χ4n) is 1.77. The molecule has 0 saturated carbocycles. The molecule has 0 N–H and O–H groups in total. The van der Waals surface area contributed by atoms with E-state index in [1.165, 1.54) is 12.8 Å². The molecule has 0 aliphatic heterocycles. The van der Waals surface area contributed by atoms with Gasteiger partial charge in [-0.05, 0) is 29.9 Å². The van der Waals surface area contributed by atoms with Gasteiger partial charge >= 0.3 is 0 Å². The molecule has 0 heterocycles. The molecule has 1 aliphatic rings. The first-order valence-electron chi connectivity index (χ1n) is 4.96. The van der Waals surface area contributed by atoms with E-state index in [4.69, 9.17) is 0 Å². The van der Waals surface area contributed by atoms with E-state index < -0.39 is 0 Å². The van der Waals surface area contributed by atoms with Crippen molar-refractivity contribution < 1.29 is 0 Å². The molecule has 0 spiro atoms. The van der Waals surface area contributed by atoms with Gasteiger partial charge in [-0.1, -0.05) is 52.5 Å². The number of benzene rings is 1. The van der Waals surface area contributed by atoms with Crippen LogP contribution in [0.5, 0.6) is 0 Å². The van der Waals surface area contributed by atoms with E-state index in [0.29, 0.717) is 0 Å². The van der Waals surface area contributed by atoms with Crippen molar-refractivity contribution in [3.8, 4) is 0 Å². The summed E-state index contributed by atoms with van der Waals surface area (Å²) in [6, 6.07) is 8.78. The molecule has 0 saturated heterocycles. The Labute approximate surface area is 83.0 Å². The van der Waals surface area contributed by atoms with Gasteiger partial charge in [0.1, 0.15) is 0 Å². The molecular formula is C13H22. The van der Waals surface area contributed by atoms with Gasteiger partial charge in [-0.2, -0.15) is 0 Å². The summed E-state index contributed by atoms with van der Waals surface area (Å²) >= 11 is 0. The summed E-state index contributed by atoms with van der Waals surface area (Å²) in [6.45, 7) is 6.31. The quantitative estimate of drug-likeness (QED) is 0.552. The number of hydrogen-bond acceptors (Lipinski definition) is 0. The zero-order chi connectivity index (χ0) is 8.97. The maximum absolute atomic E-state index is 2.31. The van der Waals surface area contributed by atoms with Crippen LogP contribution in [0.3, 0.4) is 0 Å². The summed E-state index contributed by atoms with van der Waals surface area (Å²) in [6.07, 6.45) is 2.64. The monoisotopic (exact) mass is 178 g/mol. The fourth-order valence-corrected chi connectivity index (χ4v) is 1.77. The Balaban J connectivity index is 0.000000451. The maximum Gasteiger partial charge on any atom is -0.0184 e. The van der Waals surface area contributed by atoms with Gasteiger partial charge in [-0.25, -0.2) is 0 Å². The fraction of sp³-hybridized carbons (Fsp3) is 0.538. The van der Waals surface area contributed by atoms with E-state index in [2.05, 4.69) is 31.2 Å². The summed E-state index contributed by atoms with van der Waals surface area (Å²) in [5.74, 6) is 0.802. The summed E-state index contributed by atoms with van der Waals surface area (Å²) in [4.78, 5) is 0. The molecule has 0 nitrogen and oxygen atoms in total. The highest BCUT2D eigenvalue weighted by atomic mass is 14.2. The first-order valence-corrected chi connectivity index (χ1v) is 4.96. The minimum atomic E-state index is 0. The Morgan fingerprint density at radius 1 is 1.15 bits per heavy atom. The zero-order valence-electron chi connectivity index (χ0n) is 8.30. The van der Waals surface area contributed by atoms with E-state index in [9.17, 15) is 0 Å². The smallest absolute Gasteiger partial charge is 0.0184 e. The average Bonchev–Trinajstić information content (AvgIpc) is 2.53. The van der Waals surface area contributed by atoms with Crippen LogP contribution in [-0.4, -0.2) is 0 Å². The topological polar surface area (TPSA) is 0 Å². The lowest BCUT2D eigenvalue weighted by Gasteiger charge is -2.01. The molecule has 1 aromatic rings. The van der Waals surface area contributed by atoms with Crippen LogP contribution in [0.4, 0.5) is 0 Å². The summed E-state index contributed by atoms with van der Waals surface area (Å²) in [5, 5.41) is 0. The van der Waals surface area contributed by atoms with Gasteiger partial charge in [0.15, 0.2) is 0 Å². The van der Waals surface area contributed by atoms with Gasteiger partial charge in [0.05, 0.1) is 0 Å². The minimum absolute atomic E-state index is 0. The molecule has 0 heteroatoms. The van der Waals surface area contributed by atoms with Crippen molar-refractivity contribution in [2.45, 2.75) is 47.0 Å². The van der Waals surface area contributed by atoms with Crippen molar-refractivity contribution in [1.29, 1.82) is 0 Å². The van der Waals surface area contributed by atoms with Crippen LogP contribution < -0.4 is 0 Å². The molecule has 0 bridgehead atoms. The molecule has 0 amide bonds. The third-order valence-corrected chi connectivity index (χ3v) is 2.43. The molecule has 1 unspecified atom stereocenters. The van der Waals surface area contributed by atoms with Crippen molar-refractivity contribution in [3.63, 3.8) is 0 Å². The van der Waals surface area contributed by atoms with Gasteiger partial charge in [-0.15, -0.1) is 0 Å². The van der Waals surface area contributed by atoms with Crippen LogP contribution >= 0.6 is 0 Å². The summed E-state index contributed by atoms with van der Waals surface area (Å²) < 4.78 is 0. The van der Waals surface area contributed by atoms with Crippen LogP contribution in [0.1, 0.15) is 51.7 Å². The van der Waals surface area contributed by atoms with E-state index in [-0.39, 0.29) is 7.43 Å². The molecule has 1 aliphatic carbocycles. The molecule has 1 atom stereocenters. The average molecular weight is 178 g/mol. The highest BCUT2D eigenvalue weighted by molar-refractivity contribution is 5.33. The van der Waals surface area contributed by atoms with Crippen LogP contribution in [0, 0.1) is 0 Å². The van der Waals surface area contributed by atoms with Gasteiger partial charge in [0.2, 0.25) is 0 Å². The lowest BCUT2D eigenvalue weighted by Crippen LogP contribution is -1.83. The third-order valence-electron chi connectivity index (χ3n) is 2.43. The Morgan fingerprint density at radius 2 is 1.77 bits per heavy atom. The van der Waals surface area contributed by atoms with Crippen LogP contribution in [-0.2, 0) is 6.42 Å². The van der Waals surface area contributed by atoms with E-state index in [1.807, 2.05) is 13.8 Å². The predicted octanol–water partition coefficient (Wildman–Crippen LogP) is 4.40. The predicted molar refractivity (Wildman–Crippen MR) is 61.3 cm³/mol. The van der Waals surface area contributed by atoms with Crippen molar-refractivity contribution >= 4 is 0 Å². The number of fused-ring (bicyclic) bond motifs is 1. The zero-order valence-corrected chi connectivity index (χ0v) is 8.30. The minimum Gasteiger partial charge on any atom is -0.0776 e. The second kappa shape index (κ2) is 5.80. The molecule has 0 fully saturated rings. The van der Waals surface area contributed by atoms with Crippen molar-refractivity contribution in [2.75, 3.05) is 0 Å². The second-order valence-corrected chi connectivity index (χ2v) is 3.14. The van der Waals surface area contributed by atoms with E-state index in [0.717, 1.165) is 5.92 Å². The van der Waals surface area contributed by atoms with Crippen molar-refractivity contribution in [3.05, 3.63) is 35.4 Å². The second-order valence-electron chi connectivity index (χ2n) is 3.14. The molecule has 1 aromatic carbocycles. The largest absolute Gasteiger partial charge is 0.0776 e. The molecular weight excluding hydrogens is 156 g/mol. The number of aryl methyl sites for hydroxylation is 1. The third kappa shape index (κ3) is 2.58. The molecule has 2 rings (SSSR count). The molecule has 13 heavy (non-hydrogen) atoms. The first kappa shape index (κ1) is 12.2. The highest BCUT2D eigenvalue weighted by Crippen LogP contribution is 2.31. The number of rotatable bonds is 0. The van der Waals surface area contributed by atoms with Gasteiger partial charge < -0.3 is 0 Å². The van der Waals surface area contributed by atoms with Crippen LogP contribution in [0.2, 0.25) is 0 Å². The normalized spacial score (nSPS) is 17.9. The Hall–Kier alpha value is -0.780. The van der Waals surface area contributed by atoms with Gasteiger partial charge in [0, 0.05) is 0 Å². The molecule has 74 valence electrons. The van der Waals surface area contributed by atoms with Crippen molar-refractivity contribution in [2.24, 2.45) is 0 Å². The van der Waals surface area contributed by atoms with Gasteiger partial charge in [0.25, 0.3) is 0 Å². The van der Waals surface area contributed by atoms with Crippen LogP contribution in [0.15, 0.2) is 24.3 Å². The standard InChI is InChI=1S/C10H12.C2H6.CH4/c1-8-6-7-9-4-2-3-5-10(8)9;1-2;/h2-5,8H,6-7H2,1H3;1-2H3;1H4. The van der Waals surface area contributed by atoms with Gasteiger partial charge in [-0.3, -0.25) is 0 Å². The van der Waals surface area contributed by atoms with E-state index >= 15 is 0 Å². The lowest BCUT2D eigenvalue weighted by molar-refractivity contribution is 0.747. The highest BCUT2D eigenvalue weighted by Gasteiger charge is 2.16. The lowest BCUT2D eigenvalue weighted by atomic mass is 10.0. The number of hydrogen-bond donors (Lipinski definition) is 0. The first-order chi connectivity index (χ1) is 5.88. The molecule has 0 aromatic heterocycles. The Bertz CT molecular complexity index is 238. The summed E-state index contributed by atoms with van der Waals surface area (Å²) in [7, 11) is 0. The maximum atomic E-state index is 2.31. The Morgan fingerprint density at radius 3 is 2.38 bits per heavy atom. The Kier molecular flexibility index (Phi) is 5.45. The van der Waals surface area contributed by atoms with E-state index in [1.54, 1.807) is 11.1 Å². The van der Waals surface area contributed by atoms with Crippen LogP contribution in [0.25, 0.3) is 0 Å².